The number of phenols is 1. The molecule has 3 N–H and O–H groups in total. The summed E-state index contributed by atoms with van der Waals surface area (Å²) >= 11 is 2.01. The molecule has 2 fully saturated rings. The first-order valence-electron chi connectivity index (χ1n) is 14.8. The molecule has 0 aliphatic carbocycles. The topological polar surface area (TPSA) is 105 Å². The molecule has 2 heterocycles. The number of benzene rings is 1. The molecule has 226 valence electrons. The monoisotopic (exact) mass is 587 g/mol. The molecule has 2 atom stereocenters. The Morgan fingerprint density at radius 1 is 0.974 bits per heavy atom. The molecule has 39 heavy (non-hydrogen) atoms. The molecule has 2 aliphatic rings. The summed E-state index contributed by atoms with van der Waals surface area (Å²) in [6, 6.07) is 4.88. The number of aromatic hydroxyl groups is 1. The third-order valence-corrected chi connectivity index (χ3v) is 10.3. The third kappa shape index (κ3) is 11.8. The van der Waals surface area contributed by atoms with Gasteiger partial charge < -0.3 is 19.7 Å². The van der Waals surface area contributed by atoms with Crippen molar-refractivity contribution < 1.29 is 28.1 Å². The van der Waals surface area contributed by atoms with Crippen LogP contribution in [0.1, 0.15) is 104 Å². The lowest BCUT2D eigenvalue weighted by Gasteiger charge is -2.49. The van der Waals surface area contributed by atoms with Crippen LogP contribution in [0.2, 0.25) is 0 Å². The first kappa shape index (κ1) is 34.2. The van der Waals surface area contributed by atoms with Crippen molar-refractivity contribution in [2.45, 2.75) is 122 Å². The van der Waals surface area contributed by atoms with Crippen molar-refractivity contribution in [2.75, 3.05) is 30.3 Å². The van der Waals surface area contributed by atoms with Crippen LogP contribution in [0.15, 0.2) is 18.2 Å². The Labute approximate surface area is 241 Å². The van der Waals surface area contributed by atoms with E-state index in [1.54, 1.807) is 12.1 Å². The minimum absolute atomic E-state index is 0.0369. The molecule has 0 saturated carbocycles. The molecule has 1 aromatic rings. The number of hydrogen-bond donors (Lipinski definition) is 3. The minimum Gasteiger partial charge on any atom is -0.506 e. The van der Waals surface area contributed by atoms with Gasteiger partial charge in [-0.1, -0.05) is 78.7 Å². The SMILES string of the molecule is CCC1(CO)COC2(CC(C)SC(C)C2)OC1.CCCCCCCCCCS(=O)(=O)Nc1cc(C)ccc1O. The number of anilines is 1. The molecule has 1 aromatic carbocycles. The largest absolute Gasteiger partial charge is 0.506 e. The highest BCUT2D eigenvalue weighted by Gasteiger charge is 2.47. The first-order valence-corrected chi connectivity index (χ1v) is 17.4. The standard InChI is InChI=1S/C17H29NO3S.C13H24O3S/c1-3-4-5-6-7-8-9-10-13-22(20,21)18-16-14-15(2)11-12-17(16)19;1-4-12(7-14)8-15-13(16-9-12)5-10(2)17-11(3)6-13/h11-12,14,18-19H,3-10,13H2,1-2H3;10-11,14H,4-9H2,1-3H3. The quantitative estimate of drug-likeness (QED) is 0.168. The number of unbranched alkanes of at least 4 members (excludes halogenated alkanes) is 7. The van der Waals surface area contributed by atoms with E-state index < -0.39 is 10.0 Å². The highest BCUT2D eigenvalue weighted by molar-refractivity contribution is 8.00. The lowest BCUT2D eigenvalue weighted by Crippen LogP contribution is -2.54. The number of phenolic OH excluding ortho intramolecular Hbond substituents is 1. The van der Waals surface area contributed by atoms with Gasteiger partial charge in [-0.2, -0.15) is 11.8 Å². The van der Waals surface area contributed by atoms with Crippen molar-refractivity contribution in [2.24, 2.45) is 5.41 Å². The van der Waals surface area contributed by atoms with Crippen LogP contribution in [0.25, 0.3) is 0 Å². The van der Waals surface area contributed by atoms with E-state index in [0.29, 0.717) is 30.1 Å². The molecule has 1 spiro atoms. The third-order valence-electron chi connectivity index (χ3n) is 7.71. The zero-order valence-electron chi connectivity index (χ0n) is 24.8. The first-order chi connectivity index (χ1) is 18.5. The van der Waals surface area contributed by atoms with Gasteiger partial charge in [0.2, 0.25) is 10.0 Å². The second-order valence-corrected chi connectivity index (χ2v) is 15.3. The van der Waals surface area contributed by atoms with Gasteiger partial charge in [0.25, 0.3) is 0 Å². The van der Waals surface area contributed by atoms with Crippen LogP contribution in [0.4, 0.5) is 5.69 Å². The summed E-state index contributed by atoms with van der Waals surface area (Å²) in [5.41, 5.74) is 0.990. The van der Waals surface area contributed by atoms with Crippen molar-refractivity contribution in [3.05, 3.63) is 23.8 Å². The van der Waals surface area contributed by atoms with Gasteiger partial charge in [-0.25, -0.2) is 8.42 Å². The summed E-state index contributed by atoms with van der Waals surface area (Å²) in [5.74, 6) is -0.308. The summed E-state index contributed by atoms with van der Waals surface area (Å²) in [6.07, 6.45) is 11.8. The number of ether oxygens (including phenoxy) is 2. The lowest BCUT2D eigenvalue weighted by atomic mass is 9.86. The molecular formula is C30H53NO6S2. The highest BCUT2D eigenvalue weighted by Crippen LogP contribution is 2.44. The van der Waals surface area contributed by atoms with Crippen LogP contribution in [0.3, 0.4) is 0 Å². The van der Waals surface area contributed by atoms with E-state index in [0.717, 1.165) is 37.7 Å². The molecule has 3 rings (SSSR count). The second-order valence-electron chi connectivity index (χ2n) is 11.6. The van der Waals surface area contributed by atoms with Crippen molar-refractivity contribution >= 4 is 27.5 Å². The van der Waals surface area contributed by atoms with Gasteiger partial charge in [0, 0.05) is 28.8 Å². The van der Waals surface area contributed by atoms with Crippen LogP contribution in [0, 0.1) is 12.3 Å². The zero-order valence-corrected chi connectivity index (χ0v) is 26.5. The van der Waals surface area contributed by atoms with Crippen molar-refractivity contribution in [1.82, 2.24) is 0 Å². The van der Waals surface area contributed by atoms with Gasteiger partial charge in [-0.3, -0.25) is 4.72 Å². The Morgan fingerprint density at radius 3 is 2.08 bits per heavy atom. The fourth-order valence-corrected chi connectivity index (χ4v) is 7.80. The molecule has 0 amide bonds. The van der Waals surface area contributed by atoms with E-state index in [1.807, 2.05) is 18.7 Å². The average molecular weight is 588 g/mol. The molecule has 9 heteroatoms. The lowest BCUT2D eigenvalue weighted by molar-refractivity contribution is -0.314. The number of hydrogen-bond acceptors (Lipinski definition) is 7. The van der Waals surface area contributed by atoms with E-state index in [4.69, 9.17) is 9.47 Å². The Kier molecular flexibility index (Phi) is 14.4. The number of aryl methyl sites for hydroxylation is 1. The average Bonchev–Trinajstić information content (AvgIpc) is 2.88. The maximum atomic E-state index is 12.0. The fourth-order valence-electron chi connectivity index (χ4n) is 5.12. The van der Waals surface area contributed by atoms with Crippen LogP contribution in [0.5, 0.6) is 5.75 Å². The number of aliphatic hydroxyl groups is 1. The number of sulfonamides is 1. The number of aliphatic hydroxyl groups excluding tert-OH is 1. The molecule has 0 radical (unpaired) electrons. The molecule has 2 saturated heterocycles. The Hall–Kier alpha value is -1.00. The Bertz CT molecular complexity index is 929. The van der Waals surface area contributed by atoms with Crippen molar-refractivity contribution in [3.8, 4) is 5.75 Å². The molecule has 7 nitrogen and oxygen atoms in total. The summed E-state index contributed by atoms with van der Waals surface area (Å²) < 4.78 is 38.6. The number of nitrogens with one attached hydrogen (secondary N) is 1. The summed E-state index contributed by atoms with van der Waals surface area (Å²) in [4.78, 5) is 0. The van der Waals surface area contributed by atoms with Gasteiger partial charge in [0.1, 0.15) is 5.75 Å². The number of thioether (sulfide) groups is 1. The number of rotatable bonds is 13. The van der Waals surface area contributed by atoms with Crippen LogP contribution >= 0.6 is 11.8 Å². The zero-order chi connectivity index (χ0) is 28.9. The molecule has 2 aliphatic heterocycles. The van der Waals surface area contributed by atoms with Crippen molar-refractivity contribution in [1.29, 1.82) is 0 Å². The van der Waals surface area contributed by atoms with Crippen LogP contribution < -0.4 is 4.72 Å². The normalized spacial score (nSPS) is 27.1. The van der Waals surface area contributed by atoms with Gasteiger partial charge in [0.15, 0.2) is 5.79 Å². The molecule has 2 unspecified atom stereocenters. The van der Waals surface area contributed by atoms with E-state index in [-0.39, 0.29) is 35.0 Å². The molecule has 0 bridgehead atoms. The van der Waals surface area contributed by atoms with Crippen molar-refractivity contribution in [3.63, 3.8) is 0 Å². The van der Waals surface area contributed by atoms with Crippen LogP contribution in [-0.2, 0) is 19.5 Å². The molecule has 0 aromatic heterocycles. The predicted octanol–water partition coefficient (Wildman–Crippen LogP) is 7.01. The van der Waals surface area contributed by atoms with Gasteiger partial charge in [-0.15, -0.1) is 0 Å². The summed E-state index contributed by atoms with van der Waals surface area (Å²) in [7, 11) is -3.39. The van der Waals surface area contributed by atoms with E-state index >= 15 is 0 Å². The smallest absolute Gasteiger partial charge is 0.232 e. The summed E-state index contributed by atoms with van der Waals surface area (Å²) in [6.45, 7) is 12.0. The molecular weight excluding hydrogens is 534 g/mol. The second kappa shape index (κ2) is 16.4. The summed E-state index contributed by atoms with van der Waals surface area (Å²) in [5, 5.41) is 20.3. The van der Waals surface area contributed by atoms with Gasteiger partial charge in [-0.05, 0) is 37.5 Å². The highest BCUT2D eigenvalue weighted by atomic mass is 32.2. The maximum absolute atomic E-state index is 12.0. The van der Waals surface area contributed by atoms with Gasteiger partial charge >= 0.3 is 0 Å². The van der Waals surface area contributed by atoms with E-state index in [2.05, 4.69) is 32.4 Å². The van der Waals surface area contributed by atoms with Crippen LogP contribution in [-0.4, -0.2) is 60.5 Å². The Morgan fingerprint density at radius 2 is 1.54 bits per heavy atom. The minimum atomic E-state index is -3.39. The predicted molar refractivity (Wildman–Crippen MR) is 163 cm³/mol. The maximum Gasteiger partial charge on any atom is 0.232 e. The van der Waals surface area contributed by atoms with E-state index in [1.165, 1.54) is 38.2 Å². The van der Waals surface area contributed by atoms with Gasteiger partial charge in [0.05, 0.1) is 31.3 Å². The fraction of sp³-hybridized carbons (Fsp3) is 0.800. The Balaban J connectivity index is 0.000000282. The van der Waals surface area contributed by atoms with E-state index in [9.17, 15) is 18.6 Å².